The van der Waals surface area contributed by atoms with Crippen LogP contribution >= 0.6 is 0 Å². The van der Waals surface area contributed by atoms with Gasteiger partial charge in [-0.05, 0) is 58.1 Å². The largest absolute Gasteiger partial charge is 0.361 e. The number of nitrogens with zero attached hydrogens (tertiary/aromatic N) is 3. The van der Waals surface area contributed by atoms with Gasteiger partial charge < -0.3 is 25.4 Å². The first-order valence-corrected chi connectivity index (χ1v) is 11.5. The Morgan fingerprint density at radius 3 is 2.24 bits per heavy atom. The Morgan fingerprint density at radius 2 is 1.64 bits per heavy atom. The van der Waals surface area contributed by atoms with Crippen LogP contribution in [0.2, 0.25) is 0 Å². The van der Waals surface area contributed by atoms with E-state index in [0.717, 1.165) is 31.2 Å². The Bertz CT molecular complexity index is 1010. The Morgan fingerprint density at radius 1 is 1.00 bits per heavy atom. The van der Waals surface area contributed by atoms with Gasteiger partial charge in [0.25, 0.3) is 17.7 Å². The fraction of sp³-hybridized carbons (Fsp3) is 0.500. The lowest BCUT2D eigenvalue weighted by Crippen LogP contribution is -2.64. The van der Waals surface area contributed by atoms with Gasteiger partial charge in [0.15, 0.2) is 11.9 Å². The number of hydrogen-bond acceptors (Lipinski definition) is 6. The summed E-state index contributed by atoms with van der Waals surface area (Å²) >= 11 is 0. The van der Waals surface area contributed by atoms with E-state index in [2.05, 4.69) is 10.5 Å². The molecule has 2 heterocycles. The maximum Gasteiger partial charge on any atom is 0.278 e. The third-order valence-corrected chi connectivity index (χ3v) is 6.41. The number of nitrogens with two attached hydrogens (primary N) is 1. The average molecular weight is 454 g/mol. The Hall–Kier alpha value is -3.20. The number of carbonyl (C=O) groups is 3. The van der Waals surface area contributed by atoms with E-state index in [9.17, 15) is 14.4 Å². The highest BCUT2D eigenvalue weighted by atomic mass is 16.5. The van der Waals surface area contributed by atoms with Gasteiger partial charge in [0.05, 0.1) is 0 Å². The van der Waals surface area contributed by atoms with Crippen LogP contribution in [0.15, 0.2) is 34.9 Å². The Balaban J connectivity index is 1.62. The normalized spacial score (nSPS) is 23.3. The highest BCUT2D eigenvalue weighted by molar-refractivity contribution is 6.01. The number of nitrogens with one attached hydrogen (secondary N) is 1. The molecule has 1 atom stereocenters. The summed E-state index contributed by atoms with van der Waals surface area (Å²) in [5, 5.41) is 6.90. The Kier molecular flexibility index (Phi) is 6.78. The molecule has 3 amide bonds. The number of benzene rings is 1. The molecule has 0 bridgehead atoms. The zero-order valence-electron chi connectivity index (χ0n) is 19.1. The summed E-state index contributed by atoms with van der Waals surface area (Å²) in [6, 6.07) is 8.88. The molecule has 3 N–H and O–H groups in total. The first kappa shape index (κ1) is 23.0. The van der Waals surface area contributed by atoms with Crippen molar-refractivity contribution < 1.29 is 18.9 Å². The molecule has 9 nitrogen and oxygen atoms in total. The fourth-order valence-electron chi connectivity index (χ4n) is 4.55. The lowest BCUT2D eigenvalue weighted by atomic mass is 9.91. The summed E-state index contributed by atoms with van der Waals surface area (Å²) in [5.74, 6) is -0.569. The molecule has 176 valence electrons. The molecule has 9 heteroatoms. The smallest absolute Gasteiger partial charge is 0.278 e. The first-order chi connectivity index (χ1) is 15.8. The number of hydrogen-bond donors (Lipinski definition) is 2. The third-order valence-electron chi connectivity index (χ3n) is 6.41. The maximum absolute atomic E-state index is 13.5. The van der Waals surface area contributed by atoms with E-state index in [0.29, 0.717) is 30.8 Å². The van der Waals surface area contributed by atoms with Crippen molar-refractivity contribution in [3.05, 3.63) is 52.9 Å². The monoisotopic (exact) mass is 453 g/mol. The van der Waals surface area contributed by atoms with E-state index >= 15 is 0 Å². The lowest BCUT2D eigenvalue weighted by molar-refractivity contribution is -0.133. The molecule has 0 radical (unpaired) electrons. The van der Waals surface area contributed by atoms with Crippen molar-refractivity contribution in [2.45, 2.75) is 64.2 Å². The second-order valence-corrected chi connectivity index (χ2v) is 9.03. The molecule has 1 aliphatic carbocycles. The second-order valence-electron chi connectivity index (χ2n) is 9.03. The molecule has 0 spiro atoms. The zero-order chi connectivity index (χ0) is 23.5. The number of aromatic nitrogens is 1. The number of aryl methyl sites for hydroxylation is 2. The third kappa shape index (κ3) is 5.08. The molecule has 2 fully saturated rings. The van der Waals surface area contributed by atoms with E-state index in [-0.39, 0.29) is 29.6 Å². The summed E-state index contributed by atoms with van der Waals surface area (Å²) in [5.41, 5.74) is 7.64. The molecule has 1 aromatic heterocycles. The van der Waals surface area contributed by atoms with Crippen LogP contribution in [0.1, 0.15) is 64.3 Å². The van der Waals surface area contributed by atoms with Crippen molar-refractivity contribution in [1.29, 1.82) is 0 Å². The van der Waals surface area contributed by atoms with Crippen LogP contribution in [0, 0.1) is 13.8 Å². The summed E-state index contributed by atoms with van der Waals surface area (Å²) in [6.45, 7) is 4.37. The average Bonchev–Trinajstić information content (AvgIpc) is 3.26. The molecule has 1 saturated carbocycles. The van der Waals surface area contributed by atoms with Crippen LogP contribution in [0.5, 0.6) is 0 Å². The SMILES string of the molecule is Cc1ccc(C(=O)N2CCCN(C(=O)c3cc(C)on3)C2C(=O)NC2CCC(N)CC2)cc1. The first-order valence-electron chi connectivity index (χ1n) is 11.5. The van der Waals surface area contributed by atoms with Gasteiger partial charge in [-0.25, -0.2) is 0 Å². The number of carbonyl (C=O) groups excluding carboxylic acids is 3. The molecule has 1 unspecified atom stereocenters. The number of rotatable bonds is 4. The second kappa shape index (κ2) is 9.74. The molecular formula is C24H31N5O4. The van der Waals surface area contributed by atoms with E-state index in [1.54, 1.807) is 25.1 Å². The van der Waals surface area contributed by atoms with Crippen molar-refractivity contribution in [2.24, 2.45) is 5.73 Å². The quantitative estimate of drug-likeness (QED) is 0.730. The minimum atomic E-state index is -1.06. The van der Waals surface area contributed by atoms with Gasteiger partial charge in [0.2, 0.25) is 0 Å². The summed E-state index contributed by atoms with van der Waals surface area (Å²) < 4.78 is 5.07. The standard InChI is InChI=1S/C24H31N5O4/c1-15-4-6-17(7-5-15)23(31)28-12-3-13-29(24(32)20-14-16(2)33-27-20)22(28)21(30)26-19-10-8-18(25)9-11-19/h4-7,14,18-19,22H,3,8-13,25H2,1-2H3,(H,26,30). The van der Waals surface area contributed by atoms with Crippen LogP contribution in [-0.4, -0.2) is 64.0 Å². The van der Waals surface area contributed by atoms with Gasteiger partial charge in [0.1, 0.15) is 5.76 Å². The zero-order valence-corrected chi connectivity index (χ0v) is 19.1. The summed E-state index contributed by atoms with van der Waals surface area (Å²) in [6.07, 6.45) is 2.73. The van der Waals surface area contributed by atoms with Crippen molar-refractivity contribution in [3.63, 3.8) is 0 Å². The molecule has 2 aliphatic rings. The predicted octanol–water partition coefficient (Wildman–Crippen LogP) is 1.99. The van der Waals surface area contributed by atoms with Crippen LogP contribution in [0.25, 0.3) is 0 Å². The van der Waals surface area contributed by atoms with Crippen molar-refractivity contribution >= 4 is 17.7 Å². The maximum atomic E-state index is 13.5. The molecule has 1 aromatic carbocycles. The van der Waals surface area contributed by atoms with Crippen molar-refractivity contribution in [3.8, 4) is 0 Å². The topological polar surface area (TPSA) is 122 Å². The number of amides is 3. The predicted molar refractivity (Wildman–Crippen MR) is 121 cm³/mol. The van der Waals surface area contributed by atoms with Gasteiger partial charge in [-0.2, -0.15) is 0 Å². The highest BCUT2D eigenvalue weighted by Gasteiger charge is 2.42. The van der Waals surface area contributed by atoms with Crippen LogP contribution in [-0.2, 0) is 4.79 Å². The van der Waals surface area contributed by atoms with Crippen LogP contribution in [0.4, 0.5) is 0 Å². The van der Waals surface area contributed by atoms with Crippen LogP contribution < -0.4 is 11.1 Å². The van der Waals surface area contributed by atoms with E-state index in [4.69, 9.17) is 10.3 Å². The van der Waals surface area contributed by atoms with E-state index < -0.39 is 12.1 Å². The van der Waals surface area contributed by atoms with Gasteiger partial charge in [-0.3, -0.25) is 14.4 Å². The minimum absolute atomic E-state index is 0.0261. The molecule has 33 heavy (non-hydrogen) atoms. The summed E-state index contributed by atoms with van der Waals surface area (Å²) in [7, 11) is 0. The highest BCUT2D eigenvalue weighted by Crippen LogP contribution is 2.23. The molecule has 1 aliphatic heterocycles. The van der Waals surface area contributed by atoms with Crippen molar-refractivity contribution in [1.82, 2.24) is 20.3 Å². The minimum Gasteiger partial charge on any atom is -0.361 e. The summed E-state index contributed by atoms with van der Waals surface area (Å²) in [4.78, 5) is 43.2. The van der Waals surface area contributed by atoms with E-state index in [1.165, 1.54) is 9.80 Å². The van der Waals surface area contributed by atoms with Crippen molar-refractivity contribution in [2.75, 3.05) is 13.1 Å². The molecular weight excluding hydrogens is 422 g/mol. The van der Waals surface area contributed by atoms with Gasteiger partial charge >= 0.3 is 0 Å². The molecule has 4 rings (SSSR count). The van der Waals surface area contributed by atoms with Gasteiger partial charge in [-0.1, -0.05) is 22.9 Å². The van der Waals surface area contributed by atoms with Gasteiger partial charge in [0, 0.05) is 36.8 Å². The Labute approximate surface area is 193 Å². The van der Waals surface area contributed by atoms with E-state index in [1.807, 2.05) is 19.1 Å². The van der Waals surface area contributed by atoms with Crippen LogP contribution in [0.3, 0.4) is 0 Å². The lowest BCUT2D eigenvalue weighted by Gasteiger charge is -2.43. The molecule has 1 saturated heterocycles. The molecule has 2 aromatic rings. The fourth-order valence-corrected chi connectivity index (χ4v) is 4.55. The van der Waals surface area contributed by atoms with Gasteiger partial charge in [-0.15, -0.1) is 0 Å².